The largest absolute Gasteiger partial charge is 0.491 e. The van der Waals surface area contributed by atoms with Gasteiger partial charge in [-0.15, -0.1) is 24.0 Å². The number of hydrogen-bond donors (Lipinski definition) is 2. The molecule has 0 amide bonds. The third-order valence-corrected chi connectivity index (χ3v) is 5.90. The summed E-state index contributed by atoms with van der Waals surface area (Å²) in [5.41, 5.74) is 4.78. The second-order valence-electron chi connectivity index (χ2n) is 8.38. The van der Waals surface area contributed by atoms with Crippen LogP contribution < -0.4 is 20.3 Å². The van der Waals surface area contributed by atoms with E-state index in [1.54, 1.807) is 7.05 Å². The average Bonchev–Trinajstić information content (AvgIpc) is 3.53. The van der Waals surface area contributed by atoms with E-state index in [2.05, 4.69) is 82.1 Å². The van der Waals surface area contributed by atoms with E-state index < -0.39 is 0 Å². The third kappa shape index (κ3) is 7.37. The smallest absolute Gasteiger partial charge is 0.191 e. The molecule has 1 saturated heterocycles. The van der Waals surface area contributed by atoms with Crippen LogP contribution in [0.4, 0.5) is 5.69 Å². The Morgan fingerprint density at radius 2 is 1.94 bits per heavy atom. The zero-order chi connectivity index (χ0) is 22.2. The topological polar surface area (TPSA) is 58.1 Å². The van der Waals surface area contributed by atoms with Gasteiger partial charge in [0.15, 0.2) is 5.96 Å². The number of benzene rings is 2. The molecule has 2 aliphatic rings. The van der Waals surface area contributed by atoms with Crippen molar-refractivity contribution in [1.29, 1.82) is 0 Å². The molecule has 1 unspecified atom stereocenters. The molecule has 4 rings (SSSR count). The Labute approximate surface area is 214 Å². The van der Waals surface area contributed by atoms with Crippen molar-refractivity contribution >= 4 is 35.6 Å². The van der Waals surface area contributed by atoms with Crippen LogP contribution in [0.25, 0.3) is 0 Å². The second kappa shape index (κ2) is 12.8. The first-order chi connectivity index (χ1) is 15.7. The zero-order valence-electron chi connectivity index (χ0n) is 19.5. The second-order valence-corrected chi connectivity index (χ2v) is 8.38. The van der Waals surface area contributed by atoms with Gasteiger partial charge in [0, 0.05) is 51.1 Å². The highest BCUT2D eigenvalue weighted by Crippen LogP contribution is 2.22. The van der Waals surface area contributed by atoms with Crippen molar-refractivity contribution in [3.05, 3.63) is 71.3 Å². The highest BCUT2D eigenvalue weighted by atomic mass is 127. The lowest BCUT2D eigenvalue weighted by Gasteiger charge is -2.19. The lowest BCUT2D eigenvalue weighted by molar-refractivity contribution is 0.0676. The number of nitrogens with zero attached hydrogens (tertiary/aromatic N) is 2. The van der Waals surface area contributed by atoms with Crippen molar-refractivity contribution in [2.75, 3.05) is 38.3 Å². The number of anilines is 1. The van der Waals surface area contributed by atoms with E-state index in [4.69, 9.17) is 9.47 Å². The monoisotopic (exact) mass is 562 g/mol. The van der Waals surface area contributed by atoms with Gasteiger partial charge < -0.3 is 25.0 Å². The highest BCUT2D eigenvalue weighted by molar-refractivity contribution is 14.0. The summed E-state index contributed by atoms with van der Waals surface area (Å²) in [4.78, 5) is 6.74. The zero-order valence-corrected chi connectivity index (χ0v) is 21.9. The predicted octanol–water partition coefficient (Wildman–Crippen LogP) is 4.41. The molecule has 33 heavy (non-hydrogen) atoms. The summed E-state index contributed by atoms with van der Waals surface area (Å²) < 4.78 is 11.8. The minimum Gasteiger partial charge on any atom is -0.491 e. The maximum absolute atomic E-state index is 6.12. The number of rotatable bonds is 8. The first-order valence-electron chi connectivity index (χ1n) is 11.5. The third-order valence-electron chi connectivity index (χ3n) is 5.90. The van der Waals surface area contributed by atoms with Crippen LogP contribution in [0.5, 0.6) is 5.75 Å². The molecule has 0 spiro atoms. The standard InChI is InChI=1S/C26H34N4O2.HI/c1-20-10-11-22(25(15-20)32-19-24-9-6-14-31-24)18-29-26(27-2)28-17-21-7-5-8-23(16-21)30-12-3-4-13-30;/h3-5,7-8,10-11,15-16,24H,6,9,12-14,17-19H2,1-2H3,(H2,27,28,29);1H. The summed E-state index contributed by atoms with van der Waals surface area (Å²) in [5, 5.41) is 6.85. The molecular formula is C26H35IN4O2. The van der Waals surface area contributed by atoms with Crippen LogP contribution in [0, 0.1) is 6.92 Å². The maximum atomic E-state index is 6.12. The average molecular weight is 562 g/mol. The number of ether oxygens (including phenoxy) is 2. The number of nitrogens with one attached hydrogen (secondary N) is 2. The molecule has 2 N–H and O–H groups in total. The number of aryl methyl sites for hydroxylation is 1. The molecule has 0 aliphatic carbocycles. The van der Waals surface area contributed by atoms with Gasteiger partial charge in [0.25, 0.3) is 0 Å². The minimum absolute atomic E-state index is 0. The van der Waals surface area contributed by atoms with Gasteiger partial charge in [-0.2, -0.15) is 0 Å². The molecule has 6 nitrogen and oxygen atoms in total. The van der Waals surface area contributed by atoms with Gasteiger partial charge in [-0.25, -0.2) is 0 Å². The van der Waals surface area contributed by atoms with Crippen molar-refractivity contribution in [1.82, 2.24) is 10.6 Å². The lowest BCUT2D eigenvalue weighted by atomic mass is 10.1. The molecule has 2 aromatic carbocycles. The first-order valence-corrected chi connectivity index (χ1v) is 11.5. The van der Waals surface area contributed by atoms with Gasteiger partial charge in [0.05, 0.1) is 6.10 Å². The first kappa shape index (κ1) is 25.4. The Hall–Kier alpha value is -2.26. The van der Waals surface area contributed by atoms with Crippen molar-refractivity contribution in [2.24, 2.45) is 4.99 Å². The summed E-state index contributed by atoms with van der Waals surface area (Å²) in [5.74, 6) is 1.68. The van der Waals surface area contributed by atoms with E-state index in [1.165, 1.54) is 16.8 Å². The summed E-state index contributed by atoms with van der Waals surface area (Å²) in [7, 11) is 1.80. The van der Waals surface area contributed by atoms with E-state index in [0.29, 0.717) is 19.7 Å². The predicted molar refractivity (Wildman–Crippen MR) is 146 cm³/mol. The van der Waals surface area contributed by atoms with Gasteiger partial charge in [-0.1, -0.05) is 36.4 Å². The Kier molecular flexibility index (Phi) is 9.87. The molecule has 7 heteroatoms. The van der Waals surface area contributed by atoms with E-state index in [-0.39, 0.29) is 30.1 Å². The summed E-state index contributed by atoms with van der Waals surface area (Å²) in [6, 6.07) is 15.0. The molecule has 2 aromatic rings. The molecule has 2 heterocycles. The molecular weight excluding hydrogens is 527 g/mol. The molecule has 0 saturated carbocycles. The number of halogens is 1. The van der Waals surface area contributed by atoms with Crippen molar-refractivity contribution < 1.29 is 9.47 Å². The minimum atomic E-state index is 0. The fraction of sp³-hybridized carbons (Fsp3) is 0.423. The summed E-state index contributed by atoms with van der Waals surface area (Å²) in [6.45, 7) is 6.85. The molecule has 2 aliphatic heterocycles. The lowest BCUT2D eigenvalue weighted by Crippen LogP contribution is -2.36. The van der Waals surface area contributed by atoms with Gasteiger partial charge in [-0.3, -0.25) is 4.99 Å². The van der Waals surface area contributed by atoms with Crippen LogP contribution in [-0.4, -0.2) is 45.4 Å². The van der Waals surface area contributed by atoms with E-state index in [9.17, 15) is 0 Å². The molecule has 0 bridgehead atoms. The van der Waals surface area contributed by atoms with Crippen LogP contribution >= 0.6 is 24.0 Å². The number of aliphatic imine (C=N–C) groups is 1. The Balaban J connectivity index is 0.00000306. The van der Waals surface area contributed by atoms with E-state index >= 15 is 0 Å². The van der Waals surface area contributed by atoms with Gasteiger partial charge in [-0.05, 0) is 49.1 Å². The van der Waals surface area contributed by atoms with E-state index in [0.717, 1.165) is 49.8 Å². The number of hydrogen-bond acceptors (Lipinski definition) is 4. The molecule has 0 aromatic heterocycles. The summed E-state index contributed by atoms with van der Waals surface area (Å²) in [6.07, 6.45) is 6.82. The summed E-state index contributed by atoms with van der Waals surface area (Å²) >= 11 is 0. The SMILES string of the molecule is CN=C(NCc1cccc(N2CC=CC2)c1)NCc1ccc(C)cc1OCC1CCCO1.I. The van der Waals surface area contributed by atoms with Crippen LogP contribution in [0.3, 0.4) is 0 Å². The van der Waals surface area contributed by atoms with Crippen molar-refractivity contribution in [2.45, 2.75) is 39.0 Å². The molecule has 1 atom stereocenters. The van der Waals surface area contributed by atoms with Crippen LogP contribution in [0.1, 0.15) is 29.5 Å². The molecule has 178 valence electrons. The molecule has 1 fully saturated rings. The Morgan fingerprint density at radius 1 is 1.12 bits per heavy atom. The van der Waals surface area contributed by atoms with Crippen molar-refractivity contribution in [3.63, 3.8) is 0 Å². The quantitative estimate of drug-likeness (QED) is 0.216. The van der Waals surface area contributed by atoms with E-state index in [1.807, 2.05) is 0 Å². The normalized spacial score (nSPS) is 17.7. The van der Waals surface area contributed by atoms with Crippen molar-refractivity contribution in [3.8, 4) is 5.75 Å². The van der Waals surface area contributed by atoms with Crippen LogP contribution in [0.15, 0.2) is 59.6 Å². The fourth-order valence-electron chi connectivity index (χ4n) is 4.04. The highest BCUT2D eigenvalue weighted by Gasteiger charge is 2.17. The number of guanidine groups is 1. The fourth-order valence-corrected chi connectivity index (χ4v) is 4.04. The van der Waals surface area contributed by atoms with Crippen LogP contribution in [-0.2, 0) is 17.8 Å². The molecule has 0 radical (unpaired) electrons. The Bertz CT molecular complexity index is 949. The van der Waals surface area contributed by atoms with Gasteiger partial charge in [0.2, 0.25) is 0 Å². The maximum Gasteiger partial charge on any atom is 0.191 e. The van der Waals surface area contributed by atoms with Crippen LogP contribution in [0.2, 0.25) is 0 Å². The Morgan fingerprint density at radius 3 is 2.70 bits per heavy atom. The van der Waals surface area contributed by atoms with Gasteiger partial charge in [0.1, 0.15) is 12.4 Å². The van der Waals surface area contributed by atoms with Gasteiger partial charge >= 0.3 is 0 Å².